The quantitative estimate of drug-likeness (QED) is 0.861. The van der Waals surface area contributed by atoms with Crippen LogP contribution in [0.2, 0.25) is 0 Å². The van der Waals surface area contributed by atoms with Crippen molar-refractivity contribution in [2.45, 2.75) is 6.92 Å². The molecule has 72 valence electrons. The van der Waals surface area contributed by atoms with Crippen molar-refractivity contribution in [1.82, 2.24) is 4.98 Å². The van der Waals surface area contributed by atoms with Crippen LogP contribution >= 0.6 is 27.3 Å². The largest absolute Gasteiger partial charge is 0.382 e. The van der Waals surface area contributed by atoms with Crippen molar-refractivity contribution >= 4 is 33.1 Å². The number of nitrogens with two attached hydrogens (primary N) is 1. The lowest BCUT2D eigenvalue weighted by Gasteiger charge is -1.96. The smallest absolute Gasteiger partial charge is 0.149 e. The summed E-state index contributed by atoms with van der Waals surface area (Å²) in [7, 11) is 0. The number of nitrogens with zero attached hydrogens (tertiary/aromatic N) is 1. The molecule has 0 amide bonds. The molecular formula is C10H9BrN2S. The van der Waals surface area contributed by atoms with Crippen LogP contribution in [0.5, 0.6) is 0 Å². The number of thiazole rings is 1. The molecule has 2 rings (SSSR count). The lowest BCUT2D eigenvalue weighted by atomic mass is 10.1. The van der Waals surface area contributed by atoms with Gasteiger partial charge in [0.1, 0.15) is 14.6 Å². The predicted octanol–water partition coefficient (Wildman–Crippen LogP) is 3.46. The molecule has 0 aliphatic carbocycles. The van der Waals surface area contributed by atoms with E-state index in [0.29, 0.717) is 5.82 Å². The van der Waals surface area contributed by atoms with Crippen molar-refractivity contribution in [3.63, 3.8) is 0 Å². The molecular weight excluding hydrogens is 260 g/mol. The minimum atomic E-state index is 0.562. The summed E-state index contributed by atoms with van der Waals surface area (Å²) in [4.78, 5) is 4.27. The third-order valence-electron chi connectivity index (χ3n) is 1.87. The Hall–Kier alpha value is -0.870. The zero-order chi connectivity index (χ0) is 10.1. The van der Waals surface area contributed by atoms with E-state index in [2.05, 4.69) is 40.0 Å². The standard InChI is InChI=1S/C10H9BrN2S/c1-6-3-2-4-7(5-6)10-13-9(12)8(11)14-10/h2-5H,12H2,1H3. The van der Waals surface area contributed by atoms with Gasteiger partial charge >= 0.3 is 0 Å². The number of nitrogen functional groups attached to an aromatic ring is 1. The van der Waals surface area contributed by atoms with Gasteiger partial charge in [0.05, 0.1) is 0 Å². The molecule has 4 heteroatoms. The predicted molar refractivity (Wildman–Crippen MR) is 64.4 cm³/mol. The van der Waals surface area contributed by atoms with Crippen molar-refractivity contribution in [2.75, 3.05) is 5.73 Å². The van der Waals surface area contributed by atoms with Crippen LogP contribution in [0.4, 0.5) is 5.82 Å². The number of halogens is 1. The Morgan fingerprint density at radius 3 is 2.79 bits per heavy atom. The first-order chi connectivity index (χ1) is 6.66. The minimum absolute atomic E-state index is 0.562. The lowest BCUT2D eigenvalue weighted by Crippen LogP contribution is -1.84. The van der Waals surface area contributed by atoms with E-state index in [9.17, 15) is 0 Å². The molecule has 0 radical (unpaired) electrons. The number of anilines is 1. The Bertz CT molecular complexity index is 445. The highest BCUT2D eigenvalue weighted by Gasteiger charge is 2.07. The second-order valence-corrected chi connectivity index (χ2v) is 5.36. The van der Waals surface area contributed by atoms with Crippen LogP contribution in [0.1, 0.15) is 5.56 Å². The van der Waals surface area contributed by atoms with E-state index in [-0.39, 0.29) is 0 Å². The molecule has 2 nitrogen and oxygen atoms in total. The molecule has 0 bridgehead atoms. The van der Waals surface area contributed by atoms with Crippen molar-refractivity contribution in [3.8, 4) is 10.6 Å². The molecule has 1 heterocycles. The summed E-state index contributed by atoms with van der Waals surface area (Å²) in [5.74, 6) is 0.562. The molecule has 2 N–H and O–H groups in total. The van der Waals surface area contributed by atoms with Crippen LogP contribution < -0.4 is 5.73 Å². The first-order valence-electron chi connectivity index (χ1n) is 4.15. The van der Waals surface area contributed by atoms with Crippen molar-refractivity contribution in [2.24, 2.45) is 0 Å². The van der Waals surface area contributed by atoms with Gasteiger partial charge in [-0.05, 0) is 28.9 Å². The van der Waals surface area contributed by atoms with Gasteiger partial charge in [-0.1, -0.05) is 23.8 Å². The second-order valence-electron chi connectivity index (χ2n) is 3.05. The average Bonchev–Trinajstić information content (AvgIpc) is 2.47. The Morgan fingerprint density at radius 1 is 1.43 bits per heavy atom. The number of aryl methyl sites for hydroxylation is 1. The molecule has 1 aromatic carbocycles. The normalized spacial score (nSPS) is 10.4. The molecule has 1 aromatic heterocycles. The first-order valence-corrected chi connectivity index (χ1v) is 5.76. The maximum atomic E-state index is 5.67. The van der Waals surface area contributed by atoms with Crippen molar-refractivity contribution in [3.05, 3.63) is 33.6 Å². The Kier molecular flexibility index (Phi) is 2.56. The summed E-state index contributed by atoms with van der Waals surface area (Å²) >= 11 is 4.92. The number of benzene rings is 1. The molecule has 0 unspecified atom stereocenters. The Balaban J connectivity index is 2.49. The zero-order valence-electron chi connectivity index (χ0n) is 7.62. The van der Waals surface area contributed by atoms with Crippen molar-refractivity contribution in [1.29, 1.82) is 0 Å². The van der Waals surface area contributed by atoms with E-state index in [0.717, 1.165) is 14.4 Å². The molecule has 0 saturated carbocycles. The Labute approximate surface area is 94.9 Å². The van der Waals surface area contributed by atoms with Crippen LogP contribution in [0, 0.1) is 6.92 Å². The van der Waals surface area contributed by atoms with Crippen LogP contribution in [0.15, 0.2) is 28.1 Å². The van der Waals surface area contributed by atoms with E-state index >= 15 is 0 Å². The number of aromatic nitrogens is 1. The van der Waals surface area contributed by atoms with Crippen molar-refractivity contribution < 1.29 is 0 Å². The fourth-order valence-corrected chi connectivity index (χ4v) is 2.47. The molecule has 0 fully saturated rings. The van der Waals surface area contributed by atoms with Gasteiger partial charge in [-0.15, -0.1) is 11.3 Å². The topological polar surface area (TPSA) is 38.9 Å². The summed E-state index contributed by atoms with van der Waals surface area (Å²) in [5, 5.41) is 0.957. The fraction of sp³-hybridized carbons (Fsp3) is 0.100. The monoisotopic (exact) mass is 268 g/mol. The maximum absolute atomic E-state index is 5.67. The summed E-state index contributed by atoms with van der Waals surface area (Å²) in [6.07, 6.45) is 0. The SMILES string of the molecule is Cc1cccc(-c2nc(N)c(Br)s2)c1. The third-order valence-corrected chi connectivity index (χ3v) is 3.68. The van der Waals surface area contributed by atoms with E-state index in [4.69, 9.17) is 5.73 Å². The molecule has 0 aliphatic rings. The van der Waals surface area contributed by atoms with E-state index < -0.39 is 0 Å². The van der Waals surface area contributed by atoms with Crippen LogP contribution in [0.3, 0.4) is 0 Å². The Morgan fingerprint density at radius 2 is 2.21 bits per heavy atom. The number of hydrogen-bond donors (Lipinski definition) is 1. The fourth-order valence-electron chi connectivity index (χ4n) is 1.21. The molecule has 0 saturated heterocycles. The van der Waals surface area contributed by atoms with Crippen LogP contribution in [-0.2, 0) is 0 Å². The van der Waals surface area contributed by atoms with Gasteiger partial charge in [0, 0.05) is 5.56 Å². The van der Waals surface area contributed by atoms with Gasteiger partial charge in [0.15, 0.2) is 0 Å². The lowest BCUT2D eigenvalue weighted by molar-refractivity contribution is 1.39. The van der Waals surface area contributed by atoms with Crippen LogP contribution in [-0.4, -0.2) is 4.98 Å². The number of hydrogen-bond acceptors (Lipinski definition) is 3. The van der Waals surface area contributed by atoms with Gasteiger partial charge in [0.25, 0.3) is 0 Å². The summed E-state index contributed by atoms with van der Waals surface area (Å²) in [5.41, 5.74) is 8.02. The minimum Gasteiger partial charge on any atom is -0.382 e. The van der Waals surface area contributed by atoms with Gasteiger partial charge in [-0.25, -0.2) is 4.98 Å². The molecule has 0 aliphatic heterocycles. The first kappa shape index (κ1) is 9.68. The molecule has 14 heavy (non-hydrogen) atoms. The molecule has 2 aromatic rings. The summed E-state index contributed by atoms with van der Waals surface area (Å²) in [6.45, 7) is 2.06. The van der Waals surface area contributed by atoms with Crippen LogP contribution in [0.25, 0.3) is 10.6 Å². The van der Waals surface area contributed by atoms with Gasteiger partial charge in [-0.2, -0.15) is 0 Å². The van der Waals surface area contributed by atoms with E-state index in [1.54, 1.807) is 11.3 Å². The summed E-state index contributed by atoms with van der Waals surface area (Å²) < 4.78 is 0.897. The van der Waals surface area contributed by atoms with E-state index in [1.165, 1.54) is 5.56 Å². The highest BCUT2D eigenvalue weighted by Crippen LogP contribution is 2.33. The van der Waals surface area contributed by atoms with Gasteiger partial charge in [0.2, 0.25) is 0 Å². The van der Waals surface area contributed by atoms with Gasteiger partial charge in [-0.3, -0.25) is 0 Å². The molecule has 0 spiro atoms. The number of rotatable bonds is 1. The second kappa shape index (κ2) is 3.71. The average molecular weight is 269 g/mol. The molecule has 0 atom stereocenters. The highest BCUT2D eigenvalue weighted by molar-refractivity contribution is 9.11. The zero-order valence-corrected chi connectivity index (χ0v) is 10.0. The summed E-state index contributed by atoms with van der Waals surface area (Å²) in [6, 6.07) is 8.23. The van der Waals surface area contributed by atoms with E-state index in [1.807, 2.05) is 12.1 Å². The maximum Gasteiger partial charge on any atom is 0.149 e. The highest BCUT2D eigenvalue weighted by atomic mass is 79.9. The third kappa shape index (κ3) is 1.81. The van der Waals surface area contributed by atoms with Gasteiger partial charge < -0.3 is 5.73 Å².